The number of para-hydroxylation sites is 1. The number of nitrogens with zero attached hydrogens (tertiary/aromatic N) is 2. The molecule has 0 fully saturated rings. The first kappa shape index (κ1) is 23.4. The van der Waals surface area contributed by atoms with E-state index in [1.807, 2.05) is 84.9 Å². The smallest absolute Gasteiger partial charge is 0.250 e. The quantitative estimate of drug-likeness (QED) is 0.138. The number of nitrogens with one attached hydrogen (secondary N) is 1. The molecule has 0 aliphatic heterocycles. The van der Waals surface area contributed by atoms with Crippen molar-refractivity contribution in [1.82, 2.24) is 10.4 Å². The lowest BCUT2D eigenvalue weighted by Crippen LogP contribution is -2.19. The van der Waals surface area contributed by atoms with Gasteiger partial charge in [-0.15, -0.1) is 11.3 Å². The Bertz CT molecular complexity index is 1480. The van der Waals surface area contributed by atoms with E-state index in [9.17, 15) is 4.79 Å². The number of hydrazone groups is 1. The van der Waals surface area contributed by atoms with Crippen LogP contribution < -0.4 is 10.2 Å². The predicted octanol–water partition coefficient (Wildman–Crippen LogP) is 6.92. The zero-order chi connectivity index (χ0) is 24.0. The van der Waals surface area contributed by atoms with Crippen LogP contribution in [0.15, 0.2) is 94.4 Å². The number of hydrogen-bond acceptors (Lipinski definition) is 6. The summed E-state index contributed by atoms with van der Waals surface area (Å²) in [5.41, 5.74) is 5.38. The fourth-order valence-electron chi connectivity index (χ4n) is 3.52. The number of carbonyl (C=O) groups is 1. The molecule has 0 unspecified atom stereocenters. The molecule has 8 heteroatoms. The van der Waals surface area contributed by atoms with Gasteiger partial charge in [-0.25, -0.2) is 10.4 Å². The monoisotopic (exact) mass is 517 g/mol. The largest absolute Gasteiger partial charge is 0.488 e. The van der Waals surface area contributed by atoms with Crippen molar-refractivity contribution in [1.29, 1.82) is 0 Å². The predicted molar refractivity (Wildman–Crippen MR) is 146 cm³/mol. The lowest BCUT2D eigenvalue weighted by Gasteiger charge is -2.12. The molecule has 4 aromatic carbocycles. The van der Waals surface area contributed by atoms with Crippen LogP contribution in [0.2, 0.25) is 5.02 Å². The average Bonchev–Trinajstić information content (AvgIpc) is 3.31. The molecule has 0 bridgehead atoms. The van der Waals surface area contributed by atoms with E-state index in [1.165, 1.54) is 11.8 Å². The number of fused-ring (bicyclic) bond motifs is 2. The fraction of sp³-hybridized carbons (Fsp3) is 0.0741. The number of thioether (sulfide) groups is 1. The van der Waals surface area contributed by atoms with E-state index >= 15 is 0 Å². The topological polar surface area (TPSA) is 63.6 Å². The Kier molecular flexibility index (Phi) is 7.28. The molecule has 0 spiro atoms. The van der Waals surface area contributed by atoms with Crippen LogP contribution in [0, 0.1) is 0 Å². The Morgan fingerprint density at radius 3 is 2.69 bits per heavy atom. The Balaban J connectivity index is 1.27. The molecular weight excluding hydrogens is 498 g/mol. The minimum absolute atomic E-state index is 0.200. The molecular formula is C27H20ClN3O2S2. The number of ether oxygens (including phenoxy) is 1. The molecule has 1 heterocycles. The van der Waals surface area contributed by atoms with Crippen molar-refractivity contribution in [2.75, 3.05) is 5.75 Å². The van der Waals surface area contributed by atoms with Crippen molar-refractivity contribution < 1.29 is 9.53 Å². The molecule has 0 atom stereocenters. The molecule has 1 amide bonds. The Morgan fingerprint density at radius 2 is 1.83 bits per heavy atom. The lowest BCUT2D eigenvalue weighted by atomic mass is 10.0. The summed E-state index contributed by atoms with van der Waals surface area (Å²) in [6.45, 7) is 0.390. The second-order valence-corrected chi connectivity index (χ2v) is 10.3. The van der Waals surface area contributed by atoms with Crippen LogP contribution in [-0.4, -0.2) is 22.9 Å². The highest BCUT2D eigenvalue weighted by Crippen LogP contribution is 2.29. The van der Waals surface area contributed by atoms with Gasteiger partial charge in [-0.1, -0.05) is 78.0 Å². The third kappa shape index (κ3) is 5.82. The van der Waals surface area contributed by atoms with Crippen molar-refractivity contribution in [3.8, 4) is 5.75 Å². The maximum Gasteiger partial charge on any atom is 0.250 e. The van der Waals surface area contributed by atoms with E-state index in [1.54, 1.807) is 17.6 Å². The number of aromatic nitrogens is 1. The van der Waals surface area contributed by atoms with E-state index < -0.39 is 0 Å². The summed E-state index contributed by atoms with van der Waals surface area (Å²) in [4.78, 5) is 16.9. The van der Waals surface area contributed by atoms with Gasteiger partial charge in [-0.3, -0.25) is 4.79 Å². The summed E-state index contributed by atoms with van der Waals surface area (Å²) in [5.74, 6) is 0.710. The zero-order valence-electron chi connectivity index (χ0n) is 18.5. The molecule has 0 saturated heterocycles. The molecule has 1 N–H and O–H groups in total. The van der Waals surface area contributed by atoms with Gasteiger partial charge in [0, 0.05) is 10.6 Å². The Morgan fingerprint density at radius 1 is 1.03 bits per heavy atom. The molecule has 0 saturated carbocycles. The van der Waals surface area contributed by atoms with Crippen LogP contribution in [-0.2, 0) is 11.4 Å². The van der Waals surface area contributed by atoms with Gasteiger partial charge in [0.2, 0.25) is 0 Å². The van der Waals surface area contributed by atoms with E-state index in [2.05, 4.69) is 15.5 Å². The summed E-state index contributed by atoms with van der Waals surface area (Å²) in [5, 5.41) is 6.96. The molecule has 0 radical (unpaired) electrons. The third-order valence-electron chi connectivity index (χ3n) is 5.22. The van der Waals surface area contributed by atoms with Crippen LogP contribution in [0.5, 0.6) is 5.75 Å². The fourth-order valence-corrected chi connectivity index (χ4v) is 5.50. The number of hydrogen-bond donors (Lipinski definition) is 1. The van der Waals surface area contributed by atoms with Crippen molar-refractivity contribution in [2.24, 2.45) is 5.10 Å². The molecule has 5 rings (SSSR count). The number of benzene rings is 4. The zero-order valence-corrected chi connectivity index (χ0v) is 20.9. The van der Waals surface area contributed by atoms with Crippen LogP contribution in [0.25, 0.3) is 21.0 Å². The first-order valence-corrected chi connectivity index (χ1v) is 13.0. The molecule has 174 valence electrons. The molecule has 5 aromatic rings. The number of carbonyl (C=O) groups excluding carboxylic acids is 1. The van der Waals surface area contributed by atoms with Gasteiger partial charge in [0.25, 0.3) is 5.91 Å². The van der Waals surface area contributed by atoms with Gasteiger partial charge >= 0.3 is 0 Å². The van der Waals surface area contributed by atoms with Gasteiger partial charge in [0.1, 0.15) is 12.4 Å². The van der Waals surface area contributed by atoms with Crippen LogP contribution in [0.1, 0.15) is 11.1 Å². The summed E-state index contributed by atoms with van der Waals surface area (Å²) in [7, 11) is 0. The third-order valence-corrected chi connectivity index (χ3v) is 7.65. The number of thiazole rings is 1. The standard InChI is InChI=1S/C27H20ClN3O2S2/c28-20-12-9-18(10-13-20)16-33-24-14-11-19-5-1-2-6-21(19)22(24)15-29-31-26(32)17-34-27-30-23-7-3-4-8-25(23)35-27/h1-15H,16-17H2,(H,31,32)/b29-15+. The number of halogens is 1. The second kappa shape index (κ2) is 10.9. The highest BCUT2D eigenvalue weighted by molar-refractivity contribution is 8.01. The lowest BCUT2D eigenvalue weighted by molar-refractivity contribution is -0.118. The van der Waals surface area contributed by atoms with E-state index in [0.717, 1.165) is 36.5 Å². The van der Waals surface area contributed by atoms with Crippen LogP contribution in [0.4, 0.5) is 0 Å². The van der Waals surface area contributed by atoms with Gasteiger partial charge in [0.05, 0.1) is 22.2 Å². The molecule has 0 aliphatic carbocycles. The maximum absolute atomic E-state index is 12.4. The molecule has 0 aliphatic rings. The summed E-state index contributed by atoms with van der Waals surface area (Å²) >= 11 is 8.96. The van der Waals surface area contributed by atoms with Crippen molar-refractivity contribution >= 4 is 67.8 Å². The molecule has 35 heavy (non-hydrogen) atoms. The van der Waals surface area contributed by atoms with Gasteiger partial charge in [-0.05, 0) is 46.7 Å². The first-order chi connectivity index (χ1) is 17.2. The highest BCUT2D eigenvalue weighted by Gasteiger charge is 2.10. The van der Waals surface area contributed by atoms with Crippen molar-refractivity contribution in [3.05, 3.63) is 101 Å². The van der Waals surface area contributed by atoms with Crippen LogP contribution in [0.3, 0.4) is 0 Å². The highest BCUT2D eigenvalue weighted by atomic mass is 35.5. The number of rotatable bonds is 8. The minimum Gasteiger partial charge on any atom is -0.488 e. The Hall–Kier alpha value is -3.39. The normalized spacial score (nSPS) is 11.3. The summed E-state index contributed by atoms with van der Waals surface area (Å²) in [6, 6.07) is 27.4. The summed E-state index contributed by atoms with van der Waals surface area (Å²) < 4.78 is 8.07. The molecule has 1 aromatic heterocycles. The molecule has 5 nitrogen and oxygen atoms in total. The number of amides is 1. The maximum atomic E-state index is 12.4. The van der Waals surface area contributed by atoms with E-state index in [0.29, 0.717) is 17.4 Å². The first-order valence-electron chi connectivity index (χ1n) is 10.8. The van der Waals surface area contributed by atoms with E-state index in [-0.39, 0.29) is 11.7 Å². The summed E-state index contributed by atoms with van der Waals surface area (Å²) in [6.07, 6.45) is 1.64. The van der Waals surface area contributed by atoms with E-state index in [4.69, 9.17) is 16.3 Å². The van der Waals surface area contributed by atoms with Gasteiger partial charge < -0.3 is 4.74 Å². The van der Waals surface area contributed by atoms with Crippen molar-refractivity contribution in [3.63, 3.8) is 0 Å². The Labute approximate surface area is 215 Å². The van der Waals surface area contributed by atoms with Crippen molar-refractivity contribution in [2.45, 2.75) is 10.9 Å². The van der Waals surface area contributed by atoms with Crippen LogP contribution >= 0.6 is 34.7 Å². The minimum atomic E-state index is -0.200. The second-order valence-electron chi connectivity index (χ2n) is 7.64. The average molecular weight is 518 g/mol. The van der Waals surface area contributed by atoms with Gasteiger partial charge in [0.15, 0.2) is 4.34 Å². The SMILES string of the molecule is O=C(CSc1nc2ccccc2s1)N/N=C/c1c(OCc2ccc(Cl)cc2)ccc2ccccc12. The van der Waals surface area contributed by atoms with Gasteiger partial charge in [-0.2, -0.15) is 5.10 Å².